The molecule has 3 aliphatic rings. The van der Waals surface area contributed by atoms with Crippen molar-refractivity contribution < 1.29 is 28.6 Å². The zero-order valence-corrected chi connectivity index (χ0v) is 30.7. The summed E-state index contributed by atoms with van der Waals surface area (Å²) in [5, 5.41) is 13.1. The van der Waals surface area contributed by atoms with Gasteiger partial charge in [-0.25, -0.2) is 4.39 Å². The molecule has 2 N–H and O–H groups in total. The summed E-state index contributed by atoms with van der Waals surface area (Å²) in [4.78, 5) is 45.2. The Balaban J connectivity index is 1.14. The van der Waals surface area contributed by atoms with E-state index in [2.05, 4.69) is 51.8 Å². The summed E-state index contributed by atoms with van der Waals surface area (Å²) in [6, 6.07) is 10.8. The van der Waals surface area contributed by atoms with Gasteiger partial charge in [0.2, 0.25) is 5.91 Å². The summed E-state index contributed by atoms with van der Waals surface area (Å²) in [5.41, 5.74) is 2.91. The lowest BCUT2D eigenvalue weighted by Gasteiger charge is -2.44. The number of halogens is 2. The van der Waals surface area contributed by atoms with Crippen molar-refractivity contribution >= 4 is 57.0 Å². The Kier molecular flexibility index (Phi) is 11.3. The summed E-state index contributed by atoms with van der Waals surface area (Å²) in [6.07, 6.45) is 5.09. The van der Waals surface area contributed by atoms with Gasteiger partial charge >= 0.3 is 5.97 Å². The van der Waals surface area contributed by atoms with Crippen LogP contribution in [0, 0.1) is 17.7 Å². The molecule has 49 heavy (non-hydrogen) atoms. The summed E-state index contributed by atoms with van der Waals surface area (Å²) in [7, 11) is 6.06. The first-order valence-electron chi connectivity index (χ1n) is 17.3. The first-order valence-corrected chi connectivity index (χ1v) is 18.8. The number of para-hydroxylation sites is 1. The quantitative estimate of drug-likeness (QED) is 0.193. The number of nitrogens with zero attached hydrogens (tertiary/aromatic N) is 4. The maximum absolute atomic E-state index is 15.7. The third-order valence-corrected chi connectivity index (χ3v) is 11.4. The monoisotopic (exact) mass is 787 g/mol. The number of carbonyl (C=O) groups excluding carboxylic acids is 2. The molecule has 3 heterocycles. The summed E-state index contributed by atoms with van der Waals surface area (Å²) in [6.45, 7) is 4.00. The Morgan fingerprint density at radius 3 is 2.49 bits per heavy atom. The van der Waals surface area contributed by atoms with Gasteiger partial charge in [-0.05, 0) is 81.4 Å². The van der Waals surface area contributed by atoms with Crippen LogP contribution in [0.4, 0.5) is 10.1 Å². The largest absolute Gasteiger partial charge is 0.481 e. The number of rotatable bonds is 12. The molecule has 1 aliphatic carbocycles. The third kappa shape index (κ3) is 8.13. The first-order chi connectivity index (χ1) is 23.5. The number of ether oxygens (including phenoxy) is 1. The molecule has 2 amide bonds. The minimum atomic E-state index is -0.742. The SMILES string of the molecule is CN(C)CC1CN([C@H]2C[C@@H](COC3CCC(C(=O)O)CC3)N(C(=O)Cc3cc(CI)c(NC(=O)c4cn(C)c5ccccc45)cc3F)C2)C1. The molecule has 6 rings (SSSR count). The maximum atomic E-state index is 15.7. The molecule has 0 spiro atoms. The van der Waals surface area contributed by atoms with Gasteiger partial charge in [0.05, 0.1) is 36.7 Å². The lowest BCUT2D eigenvalue weighted by molar-refractivity contribution is -0.144. The number of alkyl halides is 1. The van der Waals surface area contributed by atoms with Gasteiger partial charge in [0.25, 0.3) is 5.91 Å². The van der Waals surface area contributed by atoms with E-state index < -0.39 is 11.8 Å². The number of likely N-dealkylation sites (tertiary alicyclic amines) is 2. The number of fused-ring (bicyclic) bond motifs is 1. The minimum Gasteiger partial charge on any atom is -0.481 e. The fraction of sp³-hybridized carbons (Fsp3) is 0.541. The molecule has 2 atom stereocenters. The molecule has 3 aromatic rings. The lowest BCUT2D eigenvalue weighted by atomic mass is 9.87. The second-order valence-corrected chi connectivity index (χ2v) is 15.1. The van der Waals surface area contributed by atoms with Crippen molar-refractivity contribution in [2.75, 3.05) is 52.2 Å². The number of aliphatic carboxylic acids is 1. The number of benzene rings is 2. The van der Waals surface area contributed by atoms with Gasteiger partial charge in [0.1, 0.15) is 5.82 Å². The summed E-state index contributed by atoms with van der Waals surface area (Å²) in [5.74, 6) is -1.42. The van der Waals surface area contributed by atoms with Crippen molar-refractivity contribution in [3.8, 4) is 0 Å². The molecule has 1 aromatic heterocycles. The summed E-state index contributed by atoms with van der Waals surface area (Å²) >= 11 is 2.20. The van der Waals surface area contributed by atoms with Crippen molar-refractivity contribution in [1.82, 2.24) is 19.3 Å². The number of aromatic nitrogens is 1. The van der Waals surface area contributed by atoms with Crippen LogP contribution in [0.5, 0.6) is 0 Å². The Hall–Kier alpha value is -3.07. The Bertz CT molecular complexity index is 1680. The minimum absolute atomic E-state index is 0.0135. The molecule has 1 saturated carbocycles. The van der Waals surface area contributed by atoms with E-state index in [0.29, 0.717) is 66.0 Å². The van der Waals surface area contributed by atoms with Crippen LogP contribution in [0.1, 0.15) is 53.6 Å². The Labute approximate surface area is 301 Å². The van der Waals surface area contributed by atoms with Crippen LogP contribution in [0.15, 0.2) is 42.6 Å². The molecule has 0 bridgehead atoms. The third-order valence-electron chi connectivity index (χ3n) is 10.5. The predicted molar refractivity (Wildman–Crippen MR) is 196 cm³/mol. The smallest absolute Gasteiger partial charge is 0.306 e. The number of anilines is 1. The summed E-state index contributed by atoms with van der Waals surface area (Å²) < 4.78 is 24.5. The number of carboxylic acid groups (broad SMARTS) is 1. The number of carbonyl (C=O) groups is 3. The normalized spacial score (nSPS) is 23.3. The van der Waals surface area contributed by atoms with Crippen molar-refractivity contribution in [3.63, 3.8) is 0 Å². The van der Waals surface area contributed by atoms with E-state index in [1.807, 2.05) is 40.8 Å². The lowest BCUT2D eigenvalue weighted by Crippen LogP contribution is -2.55. The molecule has 2 saturated heterocycles. The molecule has 10 nitrogen and oxygen atoms in total. The van der Waals surface area contributed by atoms with Gasteiger partial charge in [0.15, 0.2) is 0 Å². The Morgan fingerprint density at radius 2 is 1.80 bits per heavy atom. The molecular weight excluding hydrogens is 740 g/mol. The highest BCUT2D eigenvalue weighted by molar-refractivity contribution is 14.1. The van der Waals surface area contributed by atoms with E-state index in [1.165, 1.54) is 6.07 Å². The van der Waals surface area contributed by atoms with E-state index in [4.69, 9.17) is 4.74 Å². The zero-order valence-electron chi connectivity index (χ0n) is 28.5. The molecule has 2 aliphatic heterocycles. The standard InChI is InChI=1S/C37H47FIN5O5/c1-41(2)17-23-18-43(19-23)27-14-28(22-49-29-10-8-24(9-11-29)37(47)48)44(20-27)35(45)13-25-12-26(16-39)33(15-32(25)38)40-36(46)31-21-42(3)34-7-5-4-6-30(31)34/h4-7,12,15,21,23-24,27-29H,8-11,13-14,16-20,22H2,1-3H3,(H,40,46)(H,47,48)/t24?,27-,28-,29?/m0/s1. The number of carboxylic acids is 1. The van der Waals surface area contributed by atoms with Gasteiger partial charge in [0, 0.05) is 66.5 Å². The molecular formula is C37H47FIN5O5. The van der Waals surface area contributed by atoms with Gasteiger partial charge in [-0.3, -0.25) is 19.3 Å². The van der Waals surface area contributed by atoms with Crippen LogP contribution in [-0.2, 0) is 32.2 Å². The van der Waals surface area contributed by atoms with Crippen LogP contribution in [0.2, 0.25) is 0 Å². The highest BCUT2D eigenvalue weighted by Gasteiger charge is 2.42. The fourth-order valence-electron chi connectivity index (χ4n) is 7.89. The number of nitrogens with one attached hydrogen (secondary N) is 1. The van der Waals surface area contributed by atoms with Gasteiger partial charge in [-0.15, -0.1) is 0 Å². The average Bonchev–Trinajstić information content (AvgIpc) is 3.64. The highest BCUT2D eigenvalue weighted by atomic mass is 127. The second-order valence-electron chi connectivity index (χ2n) is 14.4. The van der Waals surface area contributed by atoms with Crippen LogP contribution < -0.4 is 5.32 Å². The number of hydrogen-bond donors (Lipinski definition) is 2. The van der Waals surface area contributed by atoms with E-state index in [-0.39, 0.29) is 42.3 Å². The number of amides is 2. The molecule has 3 fully saturated rings. The predicted octanol–water partition coefficient (Wildman–Crippen LogP) is 5.17. The van der Waals surface area contributed by atoms with E-state index in [0.717, 1.165) is 42.5 Å². The average molecular weight is 788 g/mol. The van der Waals surface area contributed by atoms with E-state index in [9.17, 15) is 19.5 Å². The van der Waals surface area contributed by atoms with Crippen LogP contribution in [-0.4, -0.2) is 107 Å². The van der Waals surface area contributed by atoms with Crippen molar-refractivity contribution in [2.24, 2.45) is 18.9 Å². The maximum Gasteiger partial charge on any atom is 0.306 e. The van der Waals surface area contributed by atoms with Gasteiger partial charge in [-0.1, -0.05) is 40.8 Å². The molecule has 0 radical (unpaired) electrons. The molecule has 0 unspecified atom stereocenters. The Morgan fingerprint density at radius 1 is 1.06 bits per heavy atom. The number of hydrogen-bond acceptors (Lipinski definition) is 6. The zero-order chi connectivity index (χ0) is 34.8. The van der Waals surface area contributed by atoms with E-state index in [1.54, 1.807) is 12.3 Å². The van der Waals surface area contributed by atoms with Crippen LogP contribution >= 0.6 is 22.6 Å². The highest BCUT2D eigenvalue weighted by Crippen LogP contribution is 2.32. The second kappa shape index (κ2) is 15.4. The fourth-order valence-corrected chi connectivity index (χ4v) is 8.52. The van der Waals surface area contributed by atoms with Gasteiger partial charge < -0.3 is 29.5 Å². The van der Waals surface area contributed by atoms with Crippen LogP contribution in [0.3, 0.4) is 0 Å². The van der Waals surface area contributed by atoms with Crippen molar-refractivity contribution in [3.05, 3.63) is 65.1 Å². The van der Waals surface area contributed by atoms with Crippen LogP contribution in [0.25, 0.3) is 10.9 Å². The van der Waals surface area contributed by atoms with Crippen molar-refractivity contribution in [1.29, 1.82) is 0 Å². The topological polar surface area (TPSA) is 107 Å². The first kappa shape index (κ1) is 35.7. The number of aryl methyl sites for hydroxylation is 1. The molecule has 12 heteroatoms. The van der Waals surface area contributed by atoms with E-state index >= 15 is 4.39 Å². The molecule has 2 aromatic carbocycles. The van der Waals surface area contributed by atoms with Gasteiger partial charge in [-0.2, -0.15) is 0 Å². The van der Waals surface area contributed by atoms with Crippen molar-refractivity contribution in [2.45, 2.75) is 61.1 Å². The molecule has 264 valence electrons.